The van der Waals surface area contributed by atoms with Gasteiger partial charge in [-0.2, -0.15) is 0 Å². The number of imidazole rings is 1. The molecule has 0 bridgehead atoms. The molecule has 1 heterocycles. The Morgan fingerprint density at radius 1 is 1.19 bits per heavy atom. The van der Waals surface area contributed by atoms with Crippen molar-refractivity contribution in [1.82, 2.24) is 15.3 Å². The first kappa shape index (κ1) is 21.5. The molecule has 0 radical (unpaired) electrons. The first-order valence-electron chi connectivity index (χ1n) is 9.35. The van der Waals surface area contributed by atoms with Crippen LogP contribution in [-0.2, 0) is 16.0 Å². The summed E-state index contributed by atoms with van der Waals surface area (Å²) in [6.07, 6.45) is -0.362. The van der Waals surface area contributed by atoms with E-state index in [0.29, 0.717) is 16.7 Å². The van der Waals surface area contributed by atoms with Crippen LogP contribution in [0, 0.1) is 12.3 Å². The molecule has 3 rings (SSSR count). The molecule has 0 aliphatic carbocycles. The van der Waals surface area contributed by atoms with Gasteiger partial charge in [0, 0.05) is 23.1 Å². The summed E-state index contributed by atoms with van der Waals surface area (Å²) in [5.41, 5.74) is 8.19. The highest BCUT2D eigenvalue weighted by Crippen LogP contribution is 2.21. The monoisotopic (exact) mass is 423 g/mol. The molecule has 10 heteroatoms. The molecule has 160 valence electrons. The van der Waals surface area contributed by atoms with Crippen LogP contribution >= 0.6 is 0 Å². The molecule has 1 aromatic heterocycles. The molecule has 10 nitrogen and oxygen atoms in total. The topological polar surface area (TPSA) is 171 Å². The third-order valence-corrected chi connectivity index (χ3v) is 4.48. The number of Topliss-reactive ketones (excluding diaryl/α,β-unsaturated/α-hetero) is 1. The molecule has 0 fully saturated rings. The summed E-state index contributed by atoms with van der Waals surface area (Å²) >= 11 is 0. The predicted molar refractivity (Wildman–Crippen MR) is 112 cm³/mol. The van der Waals surface area contributed by atoms with Crippen molar-refractivity contribution >= 4 is 34.5 Å². The van der Waals surface area contributed by atoms with E-state index in [9.17, 15) is 14.4 Å². The lowest BCUT2D eigenvalue weighted by atomic mass is 10.0. The molecule has 0 aliphatic heterocycles. The third-order valence-electron chi connectivity index (χ3n) is 4.48. The number of benzene rings is 2. The van der Waals surface area contributed by atoms with Gasteiger partial charge >= 0.3 is 5.97 Å². The number of aromatic amines is 1. The SMILES string of the molecule is Cc1nc2ccc(C(=O)NCCOc3cc(C(=N)N)ccc3CC(=O)C(=O)O)cc2[nH]1. The number of amides is 1. The van der Waals surface area contributed by atoms with Crippen LogP contribution < -0.4 is 15.8 Å². The summed E-state index contributed by atoms with van der Waals surface area (Å²) in [5, 5.41) is 19.1. The first-order chi connectivity index (χ1) is 14.7. The van der Waals surface area contributed by atoms with Gasteiger partial charge in [-0.05, 0) is 31.2 Å². The number of ketones is 1. The van der Waals surface area contributed by atoms with Crippen molar-refractivity contribution in [1.29, 1.82) is 5.41 Å². The van der Waals surface area contributed by atoms with Gasteiger partial charge in [0.15, 0.2) is 0 Å². The minimum Gasteiger partial charge on any atom is -0.491 e. The summed E-state index contributed by atoms with van der Waals surface area (Å²) in [5.74, 6) is -2.04. The highest BCUT2D eigenvalue weighted by Gasteiger charge is 2.16. The zero-order valence-electron chi connectivity index (χ0n) is 16.7. The van der Waals surface area contributed by atoms with Crippen molar-refractivity contribution in [3.63, 3.8) is 0 Å². The Morgan fingerprint density at radius 3 is 2.65 bits per heavy atom. The highest BCUT2D eigenvalue weighted by atomic mass is 16.5. The van der Waals surface area contributed by atoms with Crippen LogP contribution in [-0.4, -0.2) is 51.7 Å². The van der Waals surface area contributed by atoms with Crippen LogP contribution in [0.4, 0.5) is 0 Å². The summed E-state index contributed by atoms with van der Waals surface area (Å²) in [4.78, 5) is 42.2. The molecule has 2 aromatic carbocycles. The Kier molecular flexibility index (Phi) is 6.29. The summed E-state index contributed by atoms with van der Waals surface area (Å²) in [7, 11) is 0. The largest absolute Gasteiger partial charge is 0.491 e. The number of hydrogen-bond acceptors (Lipinski definition) is 6. The summed E-state index contributed by atoms with van der Waals surface area (Å²) < 4.78 is 5.64. The van der Waals surface area contributed by atoms with Crippen molar-refractivity contribution in [3.8, 4) is 5.75 Å². The van der Waals surface area contributed by atoms with E-state index in [1.165, 1.54) is 18.2 Å². The number of fused-ring (bicyclic) bond motifs is 1. The van der Waals surface area contributed by atoms with Gasteiger partial charge in [0.1, 0.15) is 24.0 Å². The fourth-order valence-electron chi connectivity index (χ4n) is 2.96. The minimum absolute atomic E-state index is 0.0623. The number of aliphatic carboxylic acids is 1. The molecule has 0 aliphatic rings. The number of aryl methyl sites for hydroxylation is 1. The Bertz CT molecular complexity index is 1180. The van der Waals surface area contributed by atoms with Gasteiger partial charge in [0.25, 0.3) is 5.91 Å². The fourth-order valence-corrected chi connectivity index (χ4v) is 2.96. The van der Waals surface area contributed by atoms with Crippen molar-refractivity contribution < 1.29 is 24.2 Å². The normalized spacial score (nSPS) is 10.6. The zero-order valence-corrected chi connectivity index (χ0v) is 16.7. The number of nitrogen functional groups attached to an aromatic ring is 1. The number of carboxylic acid groups (broad SMARTS) is 1. The van der Waals surface area contributed by atoms with E-state index < -0.39 is 11.8 Å². The highest BCUT2D eigenvalue weighted by molar-refractivity contribution is 6.33. The number of carboxylic acids is 1. The van der Waals surface area contributed by atoms with Crippen LogP contribution in [0.3, 0.4) is 0 Å². The van der Waals surface area contributed by atoms with Crippen LogP contribution in [0.5, 0.6) is 5.75 Å². The van der Waals surface area contributed by atoms with Crippen molar-refractivity contribution in [2.45, 2.75) is 13.3 Å². The van der Waals surface area contributed by atoms with Crippen LogP contribution in [0.15, 0.2) is 36.4 Å². The number of rotatable bonds is 9. The maximum Gasteiger partial charge on any atom is 0.372 e. The van der Waals surface area contributed by atoms with Gasteiger partial charge in [0.2, 0.25) is 5.78 Å². The number of H-pyrrole nitrogens is 1. The van der Waals surface area contributed by atoms with E-state index >= 15 is 0 Å². The average Bonchev–Trinajstić information content (AvgIpc) is 3.10. The van der Waals surface area contributed by atoms with E-state index in [1.54, 1.807) is 18.2 Å². The number of aromatic nitrogens is 2. The second-order valence-electron chi connectivity index (χ2n) is 6.80. The quantitative estimate of drug-likeness (QED) is 0.149. The van der Waals surface area contributed by atoms with Crippen LogP contribution in [0.2, 0.25) is 0 Å². The molecular weight excluding hydrogens is 402 g/mol. The third kappa shape index (κ3) is 5.24. The molecule has 0 saturated heterocycles. The van der Waals surface area contributed by atoms with Gasteiger partial charge < -0.3 is 25.9 Å². The second-order valence-corrected chi connectivity index (χ2v) is 6.80. The van der Waals surface area contributed by atoms with Crippen molar-refractivity contribution in [2.75, 3.05) is 13.2 Å². The number of nitrogens with one attached hydrogen (secondary N) is 3. The van der Waals surface area contributed by atoms with E-state index in [2.05, 4.69) is 15.3 Å². The van der Waals surface area contributed by atoms with Crippen molar-refractivity contribution in [2.24, 2.45) is 5.73 Å². The molecule has 3 aromatic rings. The lowest BCUT2D eigenvalue weighted by Gasteiger charge is -2.13. The summed E-state index contributed by atoms with van der Waals surface area (Å²) in [6.45, 7) is 2.05. The lowest BCUT2D eigenvalue weighted by Crippen LogP contribution is -2.28. The Hall–Kier alpha value is -4.21. The van der Waals surface area contributed by atoms with Gasteiger partial charge in [-0.25, -0.2) is 9.78 Å². The predicted octanol–water partition coefficient (Wildman–Crippen LogP) is 1.16. The lowest BCUT2D eigenvalue weighted by molar-refractivity contribution is -0.148. The smallest absolute Gasteiger partial charge is 0.372 e. The number of carbonyl (C=O) groups is 3. The summed E-state index contributed by atoms with van der Waals surface area (Å²) in [6, 6.07) is 9.59. The van der Waals surface area contributed by atoms with Gasteiger partial charge in [-0.1, -0.05) is 12.1 Å². The second kappa shape index (κ2) is 9.08. The molecule has 0 saturated carbocycles. The number of amidine groups is 1. The number of nitrogens with zero attached hydrogens (tertiary/aromatic N) is 1. The Morgan fingerprint density at radius 2 is 1.94 bits per heavy atom. The van der Waals surface area contributed by atoms with E-state index in [-0.39, 0.29) is 37.1 Å². The fraction of sp³-hybridized carbons (Fsp3) is 0.190. The number of nitrogens with two attached hydrogens (primary N) is 1. The zero-order chi connectivity index (χ0) is 22.5. The Labute approximate surface area is 176 Å². The van der Waals surface area contributed by atoms with Crippen LogP contribution in [0.25, 0.3) is 11.0 Å². The van der Waals surface area contributed by atoms with Gasteiger partial charge in [0.05, 0.1) is 17.6 Å². The number of hydrogen-bond donors (Lipinski definition) is 5. The Balaban J connectivity index is 1.63. The molecular formula is C21H21N5O5. The number of ether oxygens (including phenoxy) is 1. The maximum atomic E-state index is 12.4. The first-order valence-corrected chi connectivity index (χ1v) is 9.35. The molecule has 1 amide bonds. The standard InChI is InChI=1S/C21H21N5O5/c1-11-25-15-5-4-14(8-16(15)26-11)20(28)24-6-7-31-18-10-13(19(22)23)3-2-12(18)9-17(27)21(29)30/h2-5,8,10H,6-7,9H2,1H3,(H3,22,23)(H,24,28)(H,25,26)(H,29,30). The number of carbonyl (C=O) groups excluding carboxylic acids is 2. The van der Waals surface area contributed by atoms with Gasteiger partial charge in [-0.15, -0.1) is 0 Å². The molecule has 6 N–H and O–H groups in total. The molecule has 0 spiro atoms. The molecule has 0 unspecified atom stereocenters. The van der Waals surface area contributed by atoms with Crippen LogP contribution in [0.1, 0.15) is 27.3 Å². The van der Waals surface area contributed by atoms with E-state index in [1.807, 2.05) is 6.92 Å². The molecule has 0 atom stereocenters. The van der Waals surface area contributed by atoms with Crippen molar-refractivity contribution in [3.05, 3.63) is 58.9 Å². The average molecular weight is 423 g/mol. The van der Waals surface area contributed by atoms with Gasteiger partial charge in [-0.3, -0.25) is 15.0 Å². The van der Waals surface area contributed by atoms with E-state index in [4.69, 9.17) is 21.0 Å². The maximum absolute atomic E-state index is 12.4. The molecule has 31 heavy (non-hydrogen) atoms. The minimum atomic E-state index is -1.54. The van der Waals surface area contributed by atoms with E-state index in [0.717, 1.165) is 16.9 Å².